The van der Waals surface area contributed by atoms with Crippen molar-refractivity contribution in [3.63, 3.8) is 0 Å². The van der Waals surface area contributed by atoms with Crippen molar-refractivity contribution in [3.8, 4) is 0 Å². The van der Waals surface area contributed by atoms with Gasteiger partial charge < -0.3 is 10.6 Å². The lowest BCUT2D eigenvalue weighted by Crippen LogP contribution is -2.41. The van der Waals surface area contributed by atoms with Crippen LogP contribution in [0, 0.1) is 0 Å². The molecule has 0 saturated heterocycles. The normalized spacial score (nSPS) is 11.3. The number of rotatable bonds is 4. The minimum Gasteiger partial charge on any atom is -0.345 e. The molecule has 0 radical (unpaired) electrons. The monoisotopic (exact) mass is 351 g/mol. The second kappa shape index (κ2) is 6.95. The molecular formula is C19H21N5O2. The third-order valence-electron chi connectivity index (χ3n) is 3.61. The van der Waals surface area contributed by atoms with Crippen LogP contribution in [0.4, 0.5) is 0 Å². The smallest absolute Gasteiger partial charge is 0.288 e. The predicted molar refractivity (Wildman–Crippen MR) is 97.8 cm³/mol. The second-order valence-electron chi connectivity index (χ2n) is 6.95. The summed E-state index contributed by atoms with van der Waals surface area (Å²) >= 11 is 0. The number of fused-ring (bicyclic) bond motifs is 1. The third-order valence-corrected chi connectivity index (χ3v) is 3.61. The zero-order valence-corrected chi connectivity index (χ0v) is 15.0. The first-order valence-electron chi connectivity index (χ1n) is 8.33. The van der Waals surface area contributed by atoms with Crippen molar-refractivity contribution in [1.82, 2.24) is 25.0 Å². The molecule has 134 valence electrons. The summed E-state index contributed by atoms with van der Waals surface area (Å²) in [5.41, 5.74) is 1.12. The molecule has 26 heavy (non-hydrogen) atoms. The van der Waals surface area contributed by atoms with E-state index in [9.17, 15) is 9.59 Å². The van der Waals surface area contributed by atoms with Crippen molar-refractivity contribution in [2.45, 2.75) is 32.9 Å². The number of hydrogen-bond acceptors (Lipinski definition) is 4. The highest BCUT2D eigenvalue weighted by molar-refractivity contribution is 6.02. The zero-order chi connectivity index (χ0) is 18.7. The number of nitrogens with zero attached hydrogens (tertiary/aromatic N) is 3. The zero-order valence-electron chi connectivity index (χ0n) is 15.0. The molecule has 2 N–H and O–H groups in total. The van der Waals surface area contributed by atoms with Crippen LogP contribution in [0.25, 0.3) is 5.52 Å². The Labute approximate surface area is 151 Å². The number of hydrogen-bond donors (Lipinski definition) is 2. The summed E-state index contributed by atoms with van der Waals surface area (Å²) in [7, 11) is 0. The molecule has 2 amide bonds. The SMILES string of the molecule is CC(C)(C)NC(=O)c1nc(C(=O)NCc2ccccn2)c2ccccn12. The van der Waals surface area contributed by atoms with Gasteiger partial charge in [-0.25, -0.2) is 4.98 Å². The van der Waals surface area contributed by atoms with Crippen molar-refractivity contribution in [1.29, 1.82) is 0 Å². The standard InChI is InChI=1S/C19H21N5O2/c1-19(2,3)23-18(26)16-22-15(14-9-5-7-11-24(14)16)17(25)21-12-13-8-4-6-10-20-13/h4-11H,12H2,1-3H3,(H,21,25)(H,23,26). The van der Waals surface area contributed by atoms with Gasteiger partial charge >= 0.3 is 0 Å². The van der Waals surface area contributed by atoms with Crippen LogP contribution in [-0.2, 0) is 6.54 Å². The molecule has 3 aromatic rings. The van der Waals surface area contributed by atoms with E-state index in [1.54, 1.807) is 35.0 Å². The molecule has 0 spiro atoms. The molecule has 3 heterocycles. The second-order valence-corrected chi connectivity index (χ2v) is 6.95. The van der Waals surface area contributed by atoms with Gasteiger partial charge in [0.15, 0.2) is 5.69 Å². The molecule has 3 rings (SSSR count). The Hall–Kier alpha value is -3.22. The van der Waals surface area contributed by atoms with Crippen LogP contribution in [0.5, 0.6) is 0 Å². The summed E-state index contributed by atoms with van der Waals surface area (Å²) in [6, 6.07) is 10.9. The third kappa shape index (κ3) is 3.88. The molecule has 0 unspecified atom stereocenters. The molecule has 7 heteroatoms. The Morgan fingerprint density at radius 3 is 2.54 bits per heavy atom. The number of aromatic nitrogens is 3. The van der Waals surface area contributed by atoms with Crippen LogP contribution in [0.2, 0.25) is 0 Å². The van der Waals surface area contributed by atoms with Crippen LogP contribution in [-0.4, -0.2) is 31.7 Å². The van der Waals surface area contributed by atoms with E-state index < -0.39 is 5.54 Å². The van der Waals surface area contributed by atoms with Gasteiger partial charge in [-0.1, -0.05) is 12.1 Å². The van der Waals surface area contributed by atoms with Gasteiger partial charge in [-0.2, -0.15) is 0 Å². The van der Waals surface area contributed by atoms with Gasteiger partial charge in [0.05, 0.1) is 17.8 Å². The fourth-order valence-corrected chi connectivity index (χ4v) is 2.52. The number of carbonyl (C=O) groups excluding carboxylic acids is 2. The summed E-state index contributed by atoms with van der Waals surface area (Å²) in [5.74, 6) is -0.504. The van der Waals surface area contributed by atoms with Crippen molar-refractivity contribution in [2.75, 3.05) is 0 Å². The van der Waals surface area contributed by atoms with E-state index in [0.29, 0.717) is 5.52 Å². The molecule has 0 saturated carbocycles. The predicted octanol–water partition coefficient (Wildman–Crippen LogP) is 2.19. The van der Waals surface area contributed by atoms with Crippen LogP contribution in [0.1, 0.15) is 47.6 Å². The molecular weight excluding hydrogens is 330 g/mol. The first-order valence-corrected chi connectivity index (χ1v) is 8.33. The number of carbonyl (C=O) groups is 2. The van der Waals surface area contributed by atoms with Crippen molar-refractivity contribution < 1.29 is 9.59 Å². The Morgan fingerprint density at radius 1 is 1.08 bits per heavy atom. The van der Waals surface area contributed by atoms with Gasteiger partial charge in [-0.05, 0) is 45.0 Å². The molecule has 0 aliphatic rings. The maximum absolute atomic E-state index is 12.6. The Bertz CT molecular complexity index is 941. The molecule has 7 nitrogen and oxygen atoms in total. The van der Waals surface area contributed by atoms with Crippen molar-refractivity contribution in [2.24, 2.45) is 0 Å². The average Bonchev–Trinajstić information content (AvgIpc) is 2.99. The lowest BCUT2D eigenvalue weighted by atomic mass is 10.1. The topological polar surface area (TPSA) is 88.4 Å². The van der Waals surface area contributed by atoms with E-state index in [4.69, 9.17) is 0 Å². The van der Waals surface area contributed by atoms with Crippen molar-refractivity contribution >= 4 is 17.3 Å². The first-order chi connectivity index (χ1) is 12.3. The Morgan fingerprint density at radius 2 is 1.85 bits per heavy atom. The van der Waals surface area contributed by atoms with Crippen LogP contribution in [0.3, 0.4) is 0 Å². The number of imidazole rings is 1. The maximum Gasteiger partial charge on any atom is 0.288 e. The highest BCUT2D eigenvalue weighted by atomic mass is 16.2. The van der Waals surface area contributed by atoms with Crippen LogP contribution in [0.15, 0.2) is 48.8 Å². The lowest BCUT2D eigenvalue weighted by Gasteiger charge is -2.19. The van der Waals surface area contributed by atoms with E-state index in [0.717, 1.165) is 5.69 Å². The summed E-state index contributed by atoms with van der Waals surface area (Å²) in [6.07, 6.45) is 3.39. The molecule has 0 aromatic carbocycles. The van der Waals surface area contributed by atoms with E-state index in [1.807, 2.05) is 39.0 Å². The van der Waals surface area contributed by atoms with E-state index in [1.165, 1.54) is 0 Å². The molecule has 0 aliphatic carbocycles. The maximum atomic E-state index is 12.6. The highest BCUT2D eigenvalue weighted by Gasteiger charge is 2.24. The fraction of sp³-hybridized carbons (Fsp3) is 0.263. The number of amides is 2. The summed E-state index contributed by atoms with van der Waals surface area (Å²) in [6.45, 7) is 5.96. The molecule has 0 aliphatic heterocycles. The minimum absolute atomic E-state index is 0.179. The quantitative estimate of drug-likeness (QED) is 0.754. The number of nitrogens with one attached hydrogen (secondary N) is 2. The Kier molecular flexibility index (Phi) is 4.71. The lowest BCUT2D eigenvalue weighted by molar-refractivity contribution is 0.0908. The van der Waals surface area contributed by atoms with Gasteiger partial charge in [0.25, 0.3) is 11.8 Å². The fourth-order valence-electron chi connectivity index (χ4n) is 2.52. The van der Waals surface area contributed by atoms with Gasteiger partial charge in [0.2, 0.25) is 5.82 Å². The van der Waals surface area contributed by atoms with E-state index in [-0.39, 0.29) is 29.9 Å². The first kappa shape index (κ1) is 17.6. The van der Waals surface area contributed by atoms with Crippen LogP contribution < -0.4 is 10.6 Å². The van der Waals surface area contributed by atoms with Gasteiger partial charge in [-0.3, -0.25) is 19.0 Å². The molecule has 0 bridgehead atoms. The summed E-state index contributed by atoms with van der Waals surface area (Å²) in [5, 5.41) is 5.67. The largest absolute Gasteiger partial charge is 0.345 e. The number of pyridine rings is 2. The van der Waals surface area contributed by atoms with Gasteiger partial charge in [0, 0.05) is 17.9 Å². The van der Waals surface area contributed by atoms with Crippen molar-refractivity contribution in [3.05, 3.63) is 66.0 Å². The van der Waals surface area contributed by atoms with E-state index >= 15 is 0 Å². The minimum atomic E-state index is -0.404. The van der Waals surface area contributed by atoms with Crippen LogP contribution >= 0.6 is 0 Å². The molecule has 3 aromatic heterocycles. The van der Waals surface area contributed by atoms with Gasteiger partial charge in [-0.15, -0.1) is 0 Å². The van der Waals surface area contributed by atoms with E-state index in [2.05, 4.69) is 20.6 Å². The molecule has 0 atom stereocenters. The summed E-state index contributed by atoms with van der Waals surface area (Å²) < 4.78 is 1.62. The van der Waals surface area contributed by atoms with Gasteiger partial charge in [0.1, 0.15) is 0 Å². The highest BCUT2D eigenvalue weighted by Crippen LogP contribution is 2.14. The Balaban J connectivity index is 1.89. The average molecular weight is 351 g/mol. The summed E-state index contributed by atoms with van der Waals surface area (Å²) in [4.78, 5) is 33.6. The molecule has 0 fully saturated rings.